The van der Waals surface area contributed by atoms with Crippen molar-refractivity contribution in [1.82, 2.24) is 9.97 Å². The van der Waals surface area contributed by atoms with Gasteiger partial charge in [0.2, 0.25) is 11.8 Å². The summed E-state index contributed by atoms with van der Waals surface area (Å²) in [5.74, 6) is 5.38. The largest absolute Gasteiger partial charge is 0.394 e. The number of nitro groups is 1. The molecule has 9 nitrogen and oxygen atoms in total. The second kappa shape index (κ2) is 6.44. The van der Waals surface area contributed by atoms with E-state index in [0.29, 0.717) is 12.8 Å². The first-order valence-corrected chi connectivity index (χ1v) is 6.31. The van der Waals surface area contributed by atoms with Gasteiger partial charge in [-0.1, -0.05) is 13.8 Å². The van der Waals surface area contributed by atoms with Crippen molar-refractivity contribution in [2.24, 2.45) is 5.84 Å². The number of nitrogens with zero attached hydrogens (tertiary/aromatic N) is 3. The van der Waals surface area contributed by atoms with Gasteiger partial charge in [0.1, 0.15) is 5.69 Å². The van der Waals surface area contributed by atoms with Crippen molar-refractivity contribution in [3.05, 3.63) is 15.8 Å². The number of hydrazine groups is 1. The molecule has 0 fully saturated rings. The molecule has 1 aromatic heterocycles. The molecule has 9 heteroatoms. The Hall–Kier alpha value is -2.00. The summed E-state index contributed by atoms with van der Waals surface area (Å²) in [6.07, 6.45) is 1.18. The molecular weight excluding hydrogens is 264 g/mol. The van der Waals surface area contributed by atoms with E-state index in [4.69, 9.17) is 5.84 Å². The Labute approximate surface area is 116 Å². The summed E-state index contributed by atoms with van der Waals surface area (Å²) in [4.78, 5) is 18.5. The molecule has 1 heterocycles. The molecule has 112 valence electrons. The Kier molecular flexibility index (Phi) is 5.17. The SMILES string of the molecule is CCC(CC)(CO)Nc1nc(NN)nc(C)c1[N+](=O)[O-]. The molecular formula is C11H20N6O3. The Bertz CT molecular complexity index is 481. The molecule has 5 N–H and O–H groups in total. The molecule has 0 unspecified atom stereocenters. The third-order valence-electron chi connectivity index (χ3n) is 3.41. The molecule has 0 saturated heterocycles. The number of hydrogen-bond acceptors (Lipinski definition) is 8. The maximum absolute atomic E-state index is 11.2. The van der Waals surface area contributed by atoms with E-state index in [-0.39, 0.29) is 29.8 Å². The van der Waals surface area contributed by atoms with E-state index >= 15 is 0 Å². The Morgan fingerprint density at radius 3 is 2.40 bits per heavy atom. The molecule has 1 rings (SSSR count). The number of aliphatic hydroxyl groups excluding tert-OH is 1. The average Bonchev–Trinajstić information content (AvgIpc) is 2.43. The maximum atomic E-state index is 11.2. The Morgan fingerprint density at radius 2 is 2.00 bits per heavy atom. The quantitative estimate of drug-likeness (QED) is 0.329. The van der Waals surface area contributed by atoms with Crippen LogP contribution in [0.25, 0.3) is 0 Å². The zero-order chi connectivity index (χ0) is 15.3. The van der Waals surface area contributed by atoms with Crippen LogP contribution in [0.5, 0.6) is 0 Å². The number of nitrogen functional groups attached to an aromatic ring is 1. The van der Waals surface area contributed by atoms with Gasteiger partial charge >= 0.3 is 5.69 Å². The monoisotopic (exact) mass is 284 g/mol. The molecule has 0 atom stereocenters. The van der Waals surface area contributed by atoms with Crippen LogP contribution in [0.1, 0.15) is 32.4 Å². The van der Waals surface area contributed by atoms with Crippen molar-refractivity contribution in [3.63, 3.8) is 0 Å². The normalized spacial score (nSPS) is 11.2. The van der Waals surface area contributed by atoms with Crippen molar-refractivity contribution >= 4 is 17.5 Å². The number of nitrogens with two attached hydrogens (primary N) is 1. The first kappa shape index (κ1) is 16.1. The lowest BCUT2D eigenvalue weighted by atomic mass is 9.94. The third-order valence-corrected chi connectivity index (χ3v) is 3.41. The summed E-state index contributed by atoms with van der Waals surface area (Å²) in [7, 11) is 0. The van der Waals surface area contributed by atoms with E-state index in [1.54, 1.807) is 0 Å². The predicted molar refractivity (Wildman–Crippen MR) is 75.3 cm³/mol. The zero-order valence-corrected chi connectivity index (χ0v) is 11.8. The van der Waals surface area contributed by atoms with Gasteiger partial charge in [-0.05, 0) is 19.8 Å². The average molecular weight is 284 g/mol. The summed E-state index contributed by atoms with van der Waals surface area (Å²) in [6, 6.07) is 0. The lowest BCUT2D eigenvalue weighted by Crippen LogP contribution is -2.41. The molecule has 0 aliphatic carbocycles. The summed E-state index contributed by atoms with van der Waals surface area (Å²) in [5.41, 5.74) is 1.57. The van der Waals surface area contributed by atoms with Crippen LogP contribution in [0.4, 0.5) is 17.5 Å². The van der Waals surface area contributed by atoms with Gasteiger partial charge in [0, 0.05) is 0 Å². The van der Waals surface area contributed by atoms with Crippen LogP contribution in [0, 0.1) is 17.0 Å². The molecule has 20 heavy (non-hydrogen) atoms. The summed E-state index contributed by atoms with van der Waals surface area (Å²) >= 11 is 0. The molecule has 1 aromatic rings. The fourth-order valence-corrected chi connectivity index (χ4v) is 1.88. The molecule has 0 aromatic carbocycles. The minimum absolute atomic E-state index is 0.0493. The number of aromatic nitrogens is 2. The zero-order valence-electron chi connectivity index (χ0n) is 11.8. The highest BCUT2D eigenvalue weighted by atomic mass is 16.6. The maximum Gasteiger partial charge on any atom is 0.332 e. The van der Waals surface area contributed by atoms with Gasteiger partial charge in [-0.2, -0.15) is 4.98 Å². The first-order chi connectivity index (χ1) is 9.42. The van der Waals surface area contributed by atoms with Crippen LogP contribution >= 0.6 is 0 Å². The minimum atomic E-state index is -0.669. The molecule has 0 radical (unpaired) electrons. The summed E-state index contributed by atoms with van der Waals surface area (Å²) in [6.45, 7) is 5.11. The smallest absolute Gasteiger partial charge is 0.332 e. The van der Waals surface area contributed by atoms with E-state index in [0.717, 1.165) is 0 Å². The number of aliphatic hydroxyl groups is 1. The van der Waals surface area contributed by atoms with E-state index in [9.17, 15) is 15.2 Å². The van der Waals surface area contributed by atoms with Gasteiger partial charge in [0.05, 0.1) is 17.1 Å². The molecule has 0 spiro atoms. The van der Waals surface area contributed by atoms with Gasteiger partial charge < -0.3 is 10.4 Å². The van der Waals surface area contributed by atoms with Gasteiger partial charge in [0.25, 0.3) is 0 Å². The molecule has 0 aliphatic rings. The molecule has 0 bridgehead atoms. The number of aryl methyl sites for hydroxylation is 1. The third kappa shape index (κ3) is 3.11. The highest BCUT2D eigenvalue weighted by molar-refractivity contribution is 5.61. The molecule has 0 saturated carbocycles. The standard InChI is InChI=1S/C11H20N6O3/c1-4-11(5-2,6-18)15-9-8(17(19)20)7(3)13-10(14-9)16-12/h18H,4-6,12H2,1-3H3,(H2,13,14,15,16). The highest BCUT2D eigenvalue weighted by Crippen LogP contribution is 2.30. The molecule has 0 aliphatic heterocycles. The van der Waals surface area contributed by atoms with Gasteiger partial charge in [-0.3, -0.25) is 15.5 Å². The van der Waals surface area contributed by atoms with E-state index < -0.39 is 10.5 Å². The van der Waals surface area contributed by atoms with Crippen LogP contribution in [0.15, 0.2) is 0 Å². The second-order valence-electron chi connectivity index (χ2n) is 4.50. The van der Waals surface area contributed by atoms with Crippen molar-refractivity contribution in [2.45, 2.75) is 39.2 Å². The van der Waals surface area contributed by atoms with Gasteiger partial charge in [0.15, 0.2) is 0 Å². The fraction of sp³-hybridized carbons (Fsp3) is 0.636. The van der Waals surface area contributed by atoms with Crippen molar-refractivity contribution in [2.75, 3.05) is 17.3 Å². The van der Waals surface area contributed by atoms with E-state index in [1.165, 1.54) is 6.92 Å². The minimum Gasteiger partial charge on any atom is -0.394 e. The van der Waals surface area contributed by atoms with E-state index in [2.05, 4.69) is 20.7 Å². The summed E-state index contributed by atoms with van der Waals surface area (Å²) < 4.78 is 0. The highest BCUT2D eigenvalue weighted by Gasteiger charge is 2.31. The number of anilines is 2. The lowest BCUT2D eigenvalue weighted by molar-refractivity contribution is -0.385. The Morgan fingerprint density at radius 1 is 1.40 bits per heavy atom. The number of hydrogen-bond donors (Lipinski definition) is 4. The van der Waals surface area contributed by atoms with Gasteiger partial charge in [-0.15, -0.1) is 0 Å². The fourth-order valence-electron chi connectivity index (χ4n) is 1.88. The Balaban J connectivity index is 3.34. The summed E-state index contributed by atoms with van der Waals surface area (Å²) in [5, 5.41) is 23.7. The van der Waals surface area contributed by atoms with Crippen LogP contribution < -0.4 is 16.6 Å². The second-order valence-corrected chi connectivity index (χ2v) is 4.50. The van der Waals surface area contributed by atoms with Gasteiger partial charge in [-0.25, -0.2) is 10.8 Å². The van der Waals surface area contributed by atoms with Crippen molar-refractivity contribution < 1.29 is 10.0 Å². The van der Waals surface area contributed by atoms with Crippen LogP contribution in [-0.4, -0.2) is 32.1 Å². The first-order valence-electron chi connectivity index (χ1n) is 6.31. The van der Waals surface area contributed by atoms with Crippen molar-refractivity contribution in [1.29, 1.82) is 0 Å². The van der Waals surface area contributed by atoms with E-state index in [1.807, 2.05) is 13.8 Å². The lowest BCUT2D eigenvalue weighted by Gasteiger charge is -2.31. The predicted octanol–water partition coefficient (Wildman–Crippen LogP) is 0.942. The van der Waals surface area contributed by atoms with Crippen molar-refractivity contribution in [3.8, 4) is 0 Å². The number of nitrogens with one attached hydrogen (secondary N) is 2. The van der Waals surface area contributed by atoms with Crippen LogP contribution in [0.3, 0.4) is 0 Å². The molecule has 0 amide bonds. The topological polar surface area (TPSA) is 139 Å². The van der Waals surface area contributed by atoms with Crippen LogP contribution in [0.2, 0.25) is 0 Å². The number of rotatable bonds is 7. The van der Waals surface area contributed by atoms with Crippen LogP contribution in [-0.2, 0) is 0 Å².